The average molecular weight is 397 g/mol. The SMILES string of the molecule is O=C(ON1C(=O)CC(S(=O)[O-])C1=O)C1CCC(CN2C(=O)C=CC2=O)CC1. The van der Waals surface area contributed by atoms with Crippen LogP contribution in [0, 0.1) is 11.8 Å². The normalized spacial score (nSPS) is 29.6. The Morgan fingerprint density at radius 3 is 2.22 bits per heavy atom. The highest BCUT2D eigenvalue weighted by Crippen LogP contribution is 2.31. The molecule has 1 aliphatic carbocycles. The van der Waals surface area contributed by atoms with E-state index in [1.54, 1.807) is 0 Å². The summed E-state index contributed by atoms with van der Waals surface area (Å²) in [6.45, 7) is 0.284. The van der Waals surface area contributed by atoms with Crippen LogP contribution >= 0.6 is 0 Å². The molecule has 0 aromatic carbocycles. The maximum absolute atomic E-state index is 12.2. The molecule has 0 spiro atoms. The molecule has 3 aliphatic rings. The summed E-state index contributed by atoms with van der Waals surface area (Å²) < 4.78 is 21.8. The van der Waals surface area contributed by atoms with E-state index in [4.69, 9.17) is 4.84 Å². The molecule has 0 N–H and O–H groups in total. The monoisotopic (exact) mass is 397 g/mol. The third kappa shape index (κ3) is 3.98. The third-order valence-electron chi connectivity index (χ3n) is 5.00. The van der Waals surface area contributed by atoms with Crippen LogP contribution in [0.2, 0.25) is 0 Å². The zero-order chi connectivity index (χ0) is 19.7. The molecule has 0 aromatic rings. The van der Waals surface area contributed by atoms with Gasteiger partial charge < -0.3 is 9.39 Å². The van der Waals surface area contributed by atoms with E-state index in [-0.39, 0.29) is 29.3 Å². The summed E-state index contributed by atoms with van der Waals surface area (Å²) in [5.74, 6) is -3.87. The Bertz CT molecular complexity index is 738. The largest absolute Gasteiger partial charge is 0.772 e. The Balaban J connectivity index is 1.50. The maximum Gasteiger partial charge on any atom is 0.336 e. The molecule has 4 amide bonds. The van der Waals surface area contributed by atoms with Crippen molar-refractivity contribution in [2.45, 2.75) is 37.4 Å². The van der Waals surface area contributed by atoms with Gasteiger partial charge in [0.1, 0.15) is 5.25 Å². The van der Waals surface area contributed by atoms with Crippen molar-refractivity contribution in [1.29, 1.82) is 0 Å². The molecule has 3 rings (SSSR count). The third-order valence-corrected chi connectivity index (χ3v) is 5.83. The van der Waals surface area contributed by atoms with Gasteiger partial charge in [-0.05, 0) is 42.7 Å². The average Bonchev–Trinajstić information content (AvgIpc) is 3.10. The minimum atomic E-state index is -2.76. The molecule has 0 aromatic heterocycles. The number of hydrogen-bond acceptors (Lipinski definition) is 8. The molecule has 1 saturated carbocycles. The Labute approximate surface area is 156 Å². The number of amides is 4. The van der Waals surface area contributed by atoms with Gasteiger partial charge in [-0.2, -0.15) is 0 Å². The van der Waals surface area contributed by atoms with E-state index in [1.807, 2.05) is 0 Å². The summed E-state index contributed by atoms with van der Waals surface area (Å²) in [5.41, 5.74) is 0. The number of rotatable bonds is 5. The molecule has 0 radical (unpaired) electrons. The van der Waals surface area contributed by atoms with Gasteiger partial charge in [-0.25, -0.2) is 4.79 Å². The van der Waals surface area contributed by atoms with Crippen molar-refractivity contribution in [1.82, 2.24) is 9.96 Å². The topological polar surface area (TPSA) is 141 Å². The Hall–Kier alpha value is -2.40. The molecule has 2 atom stereocenters. The second kappa shape index (κ2) is 7.69. The van der Waals surface area contributed by atoms with Crippen LogP contribution in [-0.4, -0.2) is 60.1 Å². The molecule has 2 aliphatic heterocycles. The van der Waals surface area contributed by atoms with E-state index in [2.05, 4.69) is 0 Å². The summed E-state index contributed by atoms with van der Waals surface area (Å²) in [7, 11) is 0. The van der Waals surface area contributed by atoms with E-state index in [1.165, 1.54) is 12.2 Å². The summed E-state index contributed by atoms with van der Waals surface area (Å²) in [4.78, 5) is 65.0. The van der Waals surface area contributed by atoms with Crippen molar-refractivity contribution in [3.8, 4) is 0 Å². The lowest BCUT2D eigenvalue weighted by Crippen LogP contribution is -2.39. The zero-order valence-corrected chi connectivity index (χ0v) is 15.0. The van der Waals surface area contributed by atoms with Crippen LogP contribution in [0.4, 0.5) is 0 Å². The number of nitrogens with zero attached hydrogens (tertiary/aromatic N) is 2. The smallest absolute Gasteiger partial charge is 0.336 e. The lowest BCUT2D eigenvalue weighted by Gasteiger charge is -2.29. The second-order valence-electron chi connectivity index (χ2n) is 6.73. The highest BCUT2D eigenvalue weighted by molar-refractivity contribution is 7.80. The molecule has 10 nitrogen and oxygen atoms in total. The van der Waals surface area contributed by atoms with Crippen LogP contribution in [0.1, 0.15) is 32.1 Å². The molecule has 2 fully saturated rings. The summed E-state index contributed by atoms with van der Waals surface area (Å²) in [6, 6.07) is 0. The lowest BCUT2D eigenvalue weighted by molar-refractivity contribution is -0.201. The Kier molecular flexibility index (Phi) is 5.51. The number of hydrogen-bond donors (Lipinski definition) is 0. The molecule has 27 heavy (non-hydrogen) atoms. The highest BCUT2D eigenvalue weighted by Gasteiger charge is 2.43. The van der Waals surface area contributed by atoms with E-state index in [0.29, 0.717) is 25.7 Å². The summed E-state index contributed by atoms with van der Waals surface area (Å²) in [5, 5.41) is -1.28. The Morgan fingerprint density at radius 2 is 1.70 bits per heavy atom. The van der Waals surface area contributed by atoms with Crippen molar-refractivity contribution >= 4 is 40.7 Å². The molecule has 2 unspecified atom stereocenters. The molecule has 11 heteroatoms. The quantitative estimate of drug-likeness (QED) is 0.433. The van der Waals surface area contributed by atoms with Crippen molar-refractivity contribution in [2.24, 2.45) is 11.8 Å². The molecule has 2 heterocycles. The van der Waals surface area contributed by atoms with Gasteiger partial charge in [-0.15, -0.1) is 5.06 Å². The van der Waals surface area contributed by atoms with Crippen molar-refractivity contribution in [2.75, 3.05) is 6.54 Å². The summed E-state index contributed by atoms with van der Waals surface area (Å²) >= 11 is -2.76. The maximum atomic E-state index is 12.2. The molecular weight excluding hydrogens is 380 g/mol. The predicted octanol–water partition coefficient (Wildman–Crippen LogP) is -0.817. The van der Waals surface area contributed by atoms with Crippen LogP contribution < -0.4 is 0 Å². The molecular formula is C16H17N2O8S-. The number of imide groups is 2. The predicted molar refractivity (Wildman–Crippen MR) is 86.6 cm³/mol. The standard InChI is InChI=1S/C16H18N2O8S/c19-12-5-6-13(20)17(12)8-9-1-3-10(4-2-9)16(23)26-18-14(21)7-11(15(18)22)27(24)25/h5-6,9-11H,1-4,7-8H2,(H,24,25)/p-1. The van der Waals surface area contributed by atoms with Gasteiger partial charge in [0.2, 0.25) is 0 Å². The van der Waals surface area contributed by atoms with Crippen molar-refractivity contribution in [3.05, 3.63) is 12.2 Å². The van der Waals surface area contributed by atoms with Gasteiger partial charge in [0.25, 0.3) is 23.6 Å². The fraction of sp³-hybridized carbons (Fsp3) is 0.562. The molecule has 1 saturated heterocycles. The van der Waals surface area contributed by atoms with Gasteiger partial charge in [0, 0.05) is 18.7 Å². The molecule has 0 bridgehead atoms. The van der Waals surface area contributed by atoms with Gasteiger partial charge >= 0.3 is 5.97 Å². The van der Waals surface area contributed by atoms with E-state index >= 15 is 0 Å². The van der Waals surface area contributed by atoms with Crippen LogP contribution in [0.5, 0.6) is 0 Å². The number of carbonyl (C=O) groups is 5. The second-order valence-corrected chi connectivity index (χ2v) is 7.82. The van der Waals surface area contributed by atoms with Gasteiger partial charge in [-0.1, -0.05) is 0 Å². The fourth-order valence-corrected chi connectivity index (χ4v) is 3.98. The molecule has 146 valence electrons. The van der Waals surface area contributed by atoms with E-state index < -0.39 is 46.5 Å². The van der Waals surface area contributed by atoms with Crippen LogP contribution in [0.3, 0.4) is 0 Å². The lowest BCUT2D eigenvalue weighted by atomic mass is 9.82. The van der Waals surface area contributed by atoms with Crippen LogP contribution in [-0.2, 0) is 39.9 Å². The minimum Gasteiger partial charge on any atom is -0.772 e. The highest BCUT2D eigenvalue weighted by atomic mass is 32.2. The van der Waals surface area contributed by atoms with Gasteiger partial charge in [-0.3, -0.25) is 28.3 Å². The van der Waals surface area contributed by atoms with Gasteiger partial charge in [0.15, 0.2) is 0 Å². The first-order valence-electron chi connectivity index (χ1n) is 8.48. The number of carbonyl (C=O) groups excluding carboxylic acids is 5. The van der Waals surface area contributed by atoms with Crippen LogP contribution in [0.15, 0.2) is 12.2 Å². The minimum absolute atomic E-state index is 0.0594. The van der Waals surface area contributed by atoms with E-state index in [9.17, 15) is 32.7 Å². The number of hydroxylamine groups is 2. The first-order chi connectivity index (χ1) is 12.8. The fourth-order valence-electron chi connectivity index (χ4n) is 3.44. The Morgan fingerprint density at radius 1 is 1.11 bits per heavy atom. The van der Waals surface area contributed by atoms with Crippen molar-refractivity contribution < 1.29 is 37.6 Å². The van der Waals surface area contributed by atoms with Crippen LogP contribution in [0.25, 0.3) is 0 Å². The first kappa shape index (κ1) is 19.4. The van der Waals surface area contributed by atoms with Gasteiger partial charge in [0.05, 0.1) is 12.3 Å². The first-order valence-corrected chi connectivity index (χ1v) is 9.62. The zero-order valence-electron chi connectivity index (χ0n) is 14.2. The summed E-state index contributed by atoms with van der Waals surface area (Å²) in [6.07, 6.45) is 3.88. The van der Waals surface area contributed by atoms with E-state index in [0.717, 1.165) is 4.90 Å². The van der Waals surface area contributed by atoms with Crippen molar-refractivity contribution in [3.63, 3.8) is 0 Å².